The SMILES string of the molecule is Cl.N=C(NCCCCc1ccc(CCO)cc1)NC(=O)c1nc(Cl)c(N)nc1N. The van der Waals surface area contributed by atoms with E-state index in [1.165, 1.54) is 5.56 Å². The number of nitrogens with zero attached hydrogens (tertiary/aromatic N) is 2. The number of nitrogens with two attached hydrogens (primary N) is 2. The zero-order valence-corrected chi connectivity index (χ0v) is 17.3. The van der Waals surface area contributed by atoms with Crippen molar-refractivity contribution in [2.24, 2.45) is 0 Å². The van der Waals surface area contributed by atoms with Gasteiger partial charge in [0.05, 0.1) is 0 Å². The van der Waals surface area contributed by atoms with Gasteiger partial charge in [-0.2, -0.15) is 0 Å². The predicted octanol–water partition coefficient (Wildman–Crippen LogP) is 1.53. The Hall–Kier alpha value is -2.62. The van der Waals surface area contributed by atoms with Crippen LogP contribution in [0.2, 0.25) is 5.15 Å². The van der Waals surface area contributed by atoms with Crippen LogP contribution < -0.4 is 22.1 Å². The van der Waals surface area contributed by atoms with Crippen LogP contribution in [0.25, 0.3) is 0 Å². The van der Waals surface area contributed by atoms with Crippen molar-refractivity contribution >= 4 is 47.5 Å². The second kappa shape index (κ2) is 12.1. The van der Waals surface area contributed by atoms with Crippen LogP contribution in [0.1, 0.15) is 34.5 Å². The van der Waals surface area contributed by atoms with E-state index in [9.17, 15) is 4.79 Å². The summed E-state index contributed by atoms with van der Waals surface area (Å²) in [5.74, 6) is -1.07. The van der Waals surface area contributed by atoms with E-state index >= 15 is 0 Å². The van der Waals surface area contributed by atoms with Crippen molar-refractivity contribution < 1.29 is 9.90 Å². The second-order valence-electron chi connectivity index (χ2n) is 6.14. The summed E-state index contributed by atoms with van der Waals surface area (Å²) in [7, 11) is 0. The first-order valence-electron chi connectivity index (χ1n) is 8.81. The third-order valence-corrected chi connectivity index (χ3v) is 4.25. The summed E-state index contributed by atoms with van der Waals surface area (Å²) in [6, 6.07) is 8.16. The van der Waals surface area contributed by atoms with Gasteiger partial charge in [0.25, 0.3) is 5.91 Å². The molecule has 0 saturated carbocycles. The van der Waals surface area contributed by atoms with Crippen molar-refractivity contribution in [2.75, 3.05) is 24.6 Å². The molecule has 9 nitrogen and oxygen atoms in total. The number of benzene rings is 1. The van der Waals surface area contributed by atoms with Crippen LogP contribution in [-0.4, -0.2) is 40.1 Å². The fraction of sp³-hybridized carbons (Fsp3) is 0.333. The van der Waals surface area contributed by atoms with Crippen LogP contribution in [0.15, 0.2) is 24.3 Å². The largest absolute Gasteiger partial charge is 0.396 e. The monoisotopic (exact) mass is 441 g/mol. The Morgan fingerprint density at radius 3 is 2.31 bits per heavy atom. The summed E-state index contributed by atoms with van der Waals surface area (Å²) in [6.45, 7) is 0.684. The predicted molar refractivity (Wildman–Crippen MR) is 116 cm³/mol. The van der Waals surface area contributed by atoms with Gasteiger partial charge >= 0.3 is 0 Å². The third kappa shape index (κ3) is 7.72. The zero-order chi connectivity index (χ0) is 20.5. The van der Waals surface area contributed by atoms with Crippen LogP contribution in [0, 0.1) is 5.41 Å². The molecule has 11 heteroatoms. The van der Waals surface area contributed by atoms with Crippen LogP contribution in [-0.2, 0) is 12.8 Å². The van der Waals surface area contributed by atoms with Crippen LogP contribution >= 0.6 is 24.0 Å². The number of hydrogen-bond acceptors (Lipinski definition) is 7. The maximum Gasteiger partial charge on any atom is 0.280 e. The van der Waals surface area contributed by atoms with Crippen LogP contribution in [0.5, 0.6) is 0 Å². The number of anilines is 2. The Morgan fingerprint density at radius 2 is 1.69 bits per heavy atom. The van der Waals surface area contributed by atoms with Crippen molar-refractivity contribution in [3.05, 3.63) is 46.2 Å². The van der Waals surface area contributed by atoms with Gasteiger partial charge in [0.15, 0.2) is 28.4 Å². The van der Waals surface area contributed by atoms with Gasteiger partial charge < -0.3 is 21.9 Å². The third-order valence-electron chi connectivity index (χ3n) is 3.98. The molecule has 1 amide bonds. The molecule has 0 atom stereocenters. The van der Waals surface area contributed by atoms with Crippen molar-refractivity contribution in [2.45, 2.75) is 25.7 Å². The normalized spacial score (nSPS) is 10.1. The standard InChI is InChI=1S/C18H24ClN7O2.ClH/c19-14-16(21)25-15(20)13(24-14)17(28)26-18(22)23-9-2-1-3-11-4-6-12(7-5-11)8-10-27;/h4-7,27H,1-3,8-10H2,(H4,20,21,25)(H3,22,23,26,28);1H. The molecule has 158 valence electrons. The maximum atomic E-state index is 12.1. The van der Waals surface area contributed by atoms with E-state index in [1.54, 1.807) is 0 Å². The van der Waals surface area contributed by atoms with Crippen molar-refractivity contribution in [1.82, 2.24) is 20.6 Å². The number of carbonyl (C=O) groups excluding carboxylic acids is 1. The number of hydrogen-bond donors (Lipinski definition) is 6. The number of unbranched alkanes of at least 4 members (excludes halogenated alkanes) is 1. The molecule has 0 aliphatic heterocycles. The fourth-order valence-electron chi connectivity index (χ4n) is 2.49. The number of guanidine groups is 1. The summed E-state index contributed by atoms with van der Waals surface area (Å²) in [5.41, 5.74) is 13.2. The molecule has 0 bridgehead atoms. The lowest BCUT2D eigenvalue weighted by Crippen LogP contribution is -2.41. The molecule has 0 radical (unpaired) electrons. The van der Waals surface area contributed by atoms with E-state index in [0.717, 1.165) is 24.8 Å². The van der Waals surface area contributed by atoms with Gasteiger partial charge in [-0.25, -0.2) is 9.97 Å². The highest BCUT2D eigenvalue weighted by Crippen LogP contribution is 2.17. The van der Waals surface area contributed by atoms with Crippen molar-refractivity contribution in [3.8, 4) is 0 Å². The first-order chi connectivity index (χ1) is 13.4. The molecule has 0 spiro atoms. The lowest BCUT2D eigenvalue weighted by atomic mass is 10.0. The van der Waals surface area contributed by atoms with Crippen molar-refractivity contribution in [3.63, 3.8) is 0 Å². The van der Waals surface area contributed by atoms with Gasteiger partial charge in [0.2, 0.25) is 0 Å². The molecule has 0 fully saturated rings. The van der Waals surface area contributed by atoms with Gasteiger partial charge in [-0.15, -0.1) is 12.4 Å². The molecule has 0 aliphatic carbocycles. The second-order valence-corrected chi connectivity index (χ2v) is 6.49. The molecule has 0 aliphatic rings. The Bertz CT molecular complexity index is 832. The number of rotatable bonds is 8. The number of amides is 1. The number of nitrogen functional groups attached to an aromatic ring is 2. The number of aryl methyl sites for hydroxylation is 1. The van der Waals surface area contributed by atoms with Gasteiger partial charge in [0.1, 0.15) is 0 Å². The average Bonchev–Trinajstić information content (AvgIpc) is 2.66. The molecule has 1 aromatic carbocycles. The van der Waals surface area contributed by atoms with Gasteiger partial charge in [-0.3, -0.25) is 15.5 Å². The number of aliphatic hydroxyl groups is 1. The van der Waals surface area contributed by atoms with Gasteiger partial charge in [-0.1, -0.05) is 35.9 Å². The number of carbonyl (C=O) groups is 1. The zero-order valence-electron chi connectivity index (χ0n) is 15.7. The minimum Gasteiger partial charge on any atom is -0.396 e. The smallest absolute Gasteiger partial charge is 0.280 e. The van der Waals surface area contributed by atoms with Gasteiger partial charge in [0, 0.05) is 13.2 Å². The molecule has 0 unspecified atom stereocenters. The van der Waals surface area contributed by atoms with Gasteiger partial charge in [-0.05, 0) is 36.8 Å². The van der Waals surface area contributed by atoms with Crippen molar-refractivity contribution in [1.29, 1.82) is 5.41 Å². The molecular formula is C18H25Cl2N7O2. The molecule has 2 rings (SSSR count). The highest BCUT2D eigenvalue weighted by atomic mass is 35.5. The summed E-state index contributed by atoms with van der Waals surface area (Å²) < 4.78 is 0. The van der Waals surface area contributed by atoms with E-state index in [0.29, 0.717) is 13.0 Å². The van der Waals surface area contributed by atoms with E-state index in [2.05, 4.69) is 32.7 Å². The topological polar surface area (TPSA) is 163 Å². The minimum absolute atomic E-state index is 0. The lowest BCUT2D eigenvalue weighted by molar-refractivity contribution is 0.0971. The first-order valence-corrected chi connectivity index (χ1v) is 9.19. The summed E-state index contributed by atoms with van der Waals surface area (Å²) in [4.78, 5) is 19.6. The van der Waals surface area contributed by atoms with E-state index in [-0.39, 0.29) is 47.5 Å². The number of aliphatic hydroxyl groups excluding tert-OH is 1. The Morgan fingerprint density at radius 1 is 1.07 bits per heavy atom. The Balaban J connectivity index is 0.00000420. The van der Waals surface area contributed by atoms with Crippen LogP contribution in [0.4, 0.5) is 11.6 Å². The highest BCUT2D eigenvalue weighted by molar-refractivity contribution is 6.31. The molecule has 29 heavy (non-hydrogen) atoms. The van der Waals surface area contributed by atoms with E-state index < -0.39 is 5.91 Å². The maximum absolute atomic E-state index is 12.1. The Labute approximate surface area is 180 Å². The Kier molecular flexibility index (Phi) is 10.1. The highest BCUT2D eigenvalue weighted by Gasteiger charge is 2.16. The number of halogens is 2. The minimum atomic E-state index is -0.688. The summed E-state index contributed by atoms with van der Waals surface area (Å²) in [5, 5.41) is 21.7. The first kappa shape index (κ1) is 24.4. The molecule has 1 aromatic heterocycles. The van der Waals surface area contributed by atoms with E-state index in [4.69, 9.17) is 33.6 Å². The quantitative estimate of drug-likeness (QED) is 0.205. The number of nitrogens with one attached hydrogen (secondary N) is 3. The van der Waals surface area contributed by atoms with Crippen LogP contribution in [0.3, 0.4) is 0 Å². The summed E-state index contributed by atoms with van der Waals surface area (Å²) >= 11 is 5.75. The van der Waals surface area contributed by atoms with E-state index in [1.807, 2.05) is 12.1 Å². The molecule has 2 aromatic rings. The number of aromatic nitrogens is 2. The summed E-state index contributed by atoms with van der Waals surface area (Å²) in [6.07, 6.45) is 3.33. The molecule has 0 saturated heterocycles. The lowest BCUT2D eigenvalue weighted by Gasteiger charge is -2.10. The molecule has 8 N–H and O–H groups in total. The fourth-order valence-corrected chi connectivity index (χ4v) is 2.62. The molecule has 1 heterocycles. The average molecular weight is 442 g/mol. The molecular weight excluding hydrogens is 417 g/mol.